The first-order chi connectivity index (χ1) is 10.1. The van der Waals surface area contributed by atoms with Crippen molar-refractivity contribution in [1.82, 2.24) is 0 Å². The topological polar surface area (TPSA) is 42.6 Å². The van der Waals surface area contributed by atoms with E-state index >= 15 is 0 Å². The maximum atomic E-state index is 10.0. The molecule has 0 radical (unpaired) electrons. The third-order valence-electron chi connectivity index (χ3n) is 3.19. The number of hydrogen-bond acceptors (Lipinski definition) is 4. The van der Waals surface area contributed by atoms with Crippen molar-refractivity contribution in [2.75, 3.05) is 7.11 Å². The van der Waals surface area contributed by atoms with Gasteiger partial charge < -0.3 is 14.3 Å². The number of aromatic hydroxyl groups is 1. The normalized spacial score (nSPS) is 10.8. The van der Waals surface area contributed by atoms with Crippen LogP contribution in [-0.4, -0.2) is 12.2 Å². The van der Waals surface area contributed by atoms with Crippen molar-refractivity contribution in [3.63, 3.8) is 0 Å². The van der Waals surface area contributed by atoms with Crippen LogP contribution in [0.2, 0.25) is 5.02 Å². The van der Waals surface area contributed by atoms with Crippen LogP contribution in [0.4, 0.5) is 0 Å². The van der Waals surface area contributed by atoms with Gasteiger partial charge in [0.25, 0.3) is 0 Å². The second-order valence-electron chi connectivity index (χ2n) is 4.51. The fraction of sp³-hybridized carbons (Fsp3) is 0.0625. The molecule has 0 aliphatic rings. The summed E-state index contributed by atoms with van der Waals surface area (Å²) in [5, 5.41) is 11.4. The molecule has 1 heterocycles. The summed E-state index contributed by atoms with van der Waals surface area (Å²) in [5.41, 5.74) is 1.87. The monoisotopic (exact) mass is 318 g/mol. The van der Waals surface area contributed by atoms with E-state index in [9.17, 15) is 5.11 Å². The van der Waals surface area contributed by atoms with Gasteiger partial charge in [0.1, 0.15) is 17.1 Å². The molecule has 5 heteroatoms. The molecule has 106 valence electrons. The van der Waals surface area contributed by atoms with Crippen LogP contribution in [0.15, 0.2) is 46.9 Å². The number of halogens is 1. The zero-order valence-electron chi connectivity index (χ0n) is 11.1. The third kappa shape index (κ3) is 2.60. The number of fused-ring (bicyclic) bond motifs is 1. The average molecular weight is 319 g/mol. The molecule has 2 aromatic carbocycles. The highest BCUT2D eigenvalue weighted by molar-refractivity contribution is 7.71. The second-order valence-corrected chi connectivity index (χ2v) is 5.32. The van der Waals surface area contributed by atoms with Crippen LogP contribution in [0.5, 0.6) is 11.5 Å². The molecule has 0 saturated carbocycles. The van der Waals surface area contributed by atoms with Crippen molar-refractivity contribution >= 4 is 34.8 Å². The van der Waals surface area contributed by atoms with Gasteiger partial charge in [-0.1, -0.05) is 11.6 Å². The number of hydrogen-bond donors (Lipinski definition) is 1. The lowest BCUT2D eigenvalue weighted by Crippen LogP contribution is -1.85. The molecule has 0 amide bonds. The molecule has 0 spiro atoms. The van der Waals surface area contributed by atoms with Crippen LogP contribution in [0, 0.1) is 4.71 Å². The van der Waals surface area contributed by atoms with E-state index in [0.29, 0.717) is 32.2 Å². The zero-order chi connectivity index (χ0) is 15.0. The number of benzene rings is 2. The number of ether oxygens (including phenoxy) is 1. The molecular formula is C16H11ClO3S. The van der Waals surface area contributed by atoms with E-state index in [-0.39, 0.29) is 5.75 Å². The summed E-state index contributed by atoms with van der Waals surface area (Å²) in [7, 11) is 1.59. The van der Waals surface area contributed by atoms with E-state index in [1.807, 2.05) is 18.2 Å². The van der Waals surface area contributed by atoms with Gasteiger partial charge in [0.05, 0.1) is 7.11 Å². The first kappa shape index (κ1) is 13.9. The van der Waals surface area contributed by atoms with Crippen LogP contribution < -0.4 is 4.74 Å². The van der Waals surface area contributed by atoms with E-state index < -0.39 is 0 Å². The Hall–Kier alpha value is -2.04. The Morgan fingerprint density at radius 1 is 1.10 bits per heavy atom. The van der Waals surface area contributed by atoms with E-state index in [2.05, 4.69) is 0 Å². The van der Waals surface area contributed by atoms with Crippen molar-refractivity contribution < 1.29 is 14.3 Å². The van der Waals surface area contributed by atoms with Gasteiger partial charge in [-0.25, -0.2) is 0 Å². The summed E-state index contributed by atoms with van der Waals surface area (Å²) < 4.78 is 11.1. The lowest BCUT2D eigenvalue weighted by Gasteiger charge is -2.07. The van der Waals surface area contributed by atoms with Gasteiger partial charge in [0, 0.05) is 27.6 Å². The lowest BCUT2D eigenvalue weighted by molar-refractivity contribution is 0.414. The minimum atomic E-state index is 0.0664. The van der Waals surface area contributed by atoms with E-state index in [1.165, 1.54) is 6.07 Å². The molecule has 3 rings (SSSR count). The van der Waals surface area contributed by atoms with Crippen LogP contribution in [0.25, 0.3) is 22.1 Å². The van der Waals surface area contributed by atoms with E-state index in [4.69, 9.17) is 33.0 Å². The summed E-state index contributed by atoms with van der Waals surface area (Å²) in [6, 6.07) is 12.3. The Bertz CT molecular complexity index is 886. The number of methoxy groups -OCH3 is 1. The molecule has 0 fully saturated rings. The molecule has 21 heavy (non-hydrogen) atoms. The van der Waals surface area contributed by atoms with Gasteiger partial charge in [-0.15, -0.1) is 0 Å². The molecule has 0 aliphatic carbocycles. The predicted molar refractivity (Wildman–Crippen MR) is 85.7 cm³/mol. The van der Waals surface area contributed by atoms with Crippen LogP contribution in [0.3, 0.4) is 0 Å². The Balaban J connectivity index is 2.24. The predicted octanol–water partition coefficient (Wildman–Crippen LogP) is 5.20. The van der Waals surface area contributed by atoms with Gasteiger partial charge in [-0.3, -0.25) is 0 Å². The van der Waals surface area contributed by atoms with Crippen molar-refractivity contribution in [2.24, 2.45) is 0 Å². The SMILES string of the molecule is COc1ccc2cc(-c3ccc(Cl)cc3O)c(=S)oc2c1. The van der Waals surface area contributed by atoms with Gasteiger partial charge in [0.15, 0.2) is 4.71 Å². The summed E-state index contributed by atoms with van der Waals surface area (Å²) in [4.78, 5) is 0. The molecule has 1 aromatic heterocycles. The van der Waals surface area contributed by atoms with Crippen molar-refractivity contribution in [3.8, 4) is 22.6 Å². The molecule has 0 saturated heterocycles. The number of phenols is 1. The summed E-state index contributed by atoms with van der Waals surface area (Å²) >= 11 is 11.1. The molecule has 1 N–H and O–H groups in total. The molecule has 0 aliphatic heterocycles. The highest BCUT2D eigenvalue weighted by Gasteiger charge is 2.10. The Kier molecular flexibility index (Phi) is 3.57. The quantitative estimate of drug-likeness (QED) is 0.660. The summed E-state index contributed by atoms with van der Waals surface area (Å²) in [6.07, 6.45) is 0. The molecule has 0 unspecified atom stereocenters. The van der Waals surface area contributed by atoms with Crippen molar-refractivity contribution in [1.29, 1.82) is 0 Å². The third-order valence-corrected chi connectivity index (χ3v) is 3.73. The molecule has 0 bridgehead atoms. The highest BCUT2D eigenvalue weighted by atomic mass is 35.5. The van der Waals surface area contributed by atoms with Crippen LogP contribution in [0.1, 0.15) is 0 Å². The van der Waals surface area contributed by atoms with Gasteiger partial charge in [-0.05, 0) is 48.6 Å². The minimum Gasteiger partial charge on any atom is -0.507 e. The largest absolute Gasteiger partial charge is 0.507 e. The van der Waals surface area contributed by atoms with E-state index in [0.717, 1.165) is 5.39 Å². The fourth-order valence-electron chi connectivity index (χ4n) is 2.14. The number of rotatable bonds is 2. The zero-order valence-corrected chi connectivity index (χ0v) is 12.7. The highest BCUT2D eigenvalue weighted by Crippen LogP contribution is 2.34. The van der Waals surface area contributed by atoms with Gasteiger partial charge in [-0.2, -0.15) is 0 Å². The number of phenolic OH excluding ortho intramolecular Hbond substituents is 1. The minimum absolute atomic E-state index is 0.0664. The molecule has 3 nitrogen and oxygen atoms in total. The second kappa shape index (κ2) is 5.39. The maximum absolute atomic E-state index is 10.0. The van der Waals surface area contributed by atoms with E-state index in [1.54, 1.807) is 25.3 Å². The van der Waals surface area contributed by atoms with Crippen LogP contribution >= 0.6 is 23.8 Å². The lowest BCUT2D eigenvalue weighted by atomic mass is 10.1. The fourth-order valence-corrected chi connectivity index (χ4v) is 2.56. The Morgan fingerprint density at radius 3 is 2.62 bits per heavy atom. The summed E-state index contributed by atoms with van der Waals surface area (Å²) in [6.45, 7) is 0. The van der Waals surface area contributed by atoms with Gasteiger partial charge in [0.2, 0.25) is 0 Å². The first-order valence-electron chi connectivity index (χ1n) is 6.19. The van der Waals surface area contributed by atoms with Crippen molar-refractivity contribution in [2.45, 2.75) is 0 Å². The Morgan fingerprint density at radius 2 is 1.90 bits per heavy atom. The smallest absolute Gasteiger partial charge is 0.198 e. The first-order valence-corrected chi connectivity index (χ1v) is 6.98. The van der Waals surface area contributed by atoms with Crippen molar-refractivity contribution in [3.05, 3.63) is 52.2 Å². The standard InChI is InChI=1S/C16H11ClO3S/c1-19-11-4-2-9-6-13(16(21)20-15(9)8-11)12-5-3-10(17)7-14(12)18/h2-8,18H,1H3. The average Bonchev–Trinajstić information content (AvgIpc) is 2.46. The molecule has 3 aromatic rings. The summed E-state index contributed by atoms with van der Waals surface area (Å²) in [5.74, 6) is 0.763. The molecule has 0 atom stereocenters. The Labute approximate surface area is 131 Å². The maximum Gasteiger partial charge on any atom is 0.198 e. The van der Waals surface area contributed by atoms with Gasteiger partial charge >= 0.3 is 0 Å². The van der Waals surface area contributed by atoms with Crippen LogP contribution in [-0.2, 0) is 0 Å². The molecular weight excluding hydrogens is 308 g/mol.